The van der Waals surface area contributed by atoms with Gasteiger partial charge in [0.25, 0.3) is 0 Å². The molecule has 0 unspecified atom stereocenters. The number of carbonyl (C=O) groups excluding carboxylic acids is 1. The molecule has 2 N–H and O–H groups in total. The van der Waals surface area contributed by atoms with Crippen LogP contribution in [-0.4, -0.2) is 48.8 Å². The van der Waals surface area contributed by atoms with Crippen molar-refractivity contribution in [2.24, 2.45) is 0 Å². The van der Waals surface area contributed by atoms with E-state index in [1.807, 2.05) is 30.1 Å². The number of fused-ring (bicyclic) bond motifs is 1. The monoisotopic (exact) mass is 306 g/mol. The third-order valence-corrected chi connectivity index (χ3v) is 3.90. The van der Waals surface area contributed by atoms with Gasteiger partial charge in [0.05, 0.1) is 6.42 Å². The fourth-order valence-electron chi connectivity index (χ4n) is 2.65. The second-order valence-corrected chi connectivity index (χ2v) is 5.50. The zero-order valence-electron chi connectivity index (χ0n) is 12.8. The minimum Gasteiger partial charge on any atom is -0.481 e. The third kappa shape index (κ3) is 3.76. The minimum atomic E-state index is -0.814. The highest BCUT2D eigenvalue weighted by atomic mass is 16.4. The highest BCUT2D eigenvalue weighted by Gasteiger charge is 2.24. The van der Waals surface area contributed by atoms with Crippen LogP contribution in [0.25, 0.3) is 0 Å². The second-order valence-electron chi connectivity index (χ2n) is 5.50. The molecule has 120 valence electrons. The van der Waals surface area contributed by atoms with Gasteiger partial charge in [-0.1, -0.05) is 0 Å². The van der Waals surface area contributed by atoms with Crippen molar-refractivity contribution in [3.63, 3.8) is 0 Å². The Kier molecular flexibility index (Phi) is 5.38. The summed E-state index contributed by atoms with van der Waals surface area (Å²) in [5.74, 6) is -0.724. The summed E-state index contributed by atoms with van der Waals surface area (Å²) >= 11 is 0. The first-order valence-corrected chi connectivity index (χ1v) is 7.50. The van der Waals surface area contributed by atoms with Crippen LogP contribution in [-0.2, 0) is 16.0 Å². The van der Waals surface area contributed by atoms with Crippen molar-refractivity contribution in [1.82, 2.24) is 0 Å². The van der Waals surface area contributed by atoms with Crippen LogP contribution in [0.5, 0.6) is 0 Å². The molecule has 0 atom stereocenters. The molecular weight excluding hydrogens is 284 g/mol. The van der Waals surface area contributed by atoms with Gasteiger partial charge in [-0.25, -0.2) is 0 Å². The molecule has 0 radical (unpaired) electrons. The first kappa shape index (κ1) is 16.3. The number of hydrogen-bond acceptors (Lipinski definition) is 4. The zero-order valence-corrected chi connectivity index (χ0v) is 12.8. The predicted molar refractivity (Wildman–Crippen MR) is 84.3 cm³/mol. The number of rotatable bonds is 7. The van der Waals surface area contributed by atoms with Gasteiger partial charge in [-0.15, -0.1) is 0 Å². The lowest BCUT2D eigenvalue weighted by molar-refractivity contribution is -0.136. The summed E-state index contributed by atoms with van der Waals surface area (Å²) in [7, 11) is 1.86. The molecule has 1 aromatic carbocycles. The number of carboxylic acid groups (broad SMARTS) is 1. The van der Waals surface area contributed by atoms with E-state index in [4.69, 9.17) is 10.2 Å². The average Bonchev–Trinajstić information content (AvgIpc) is 2.51. The van der Waals surface area contributed by atoms with E-state index in [0.717, 1.165) is 16.9 Å². The number of hydrogen-bond donors (Lipinski definition) is 2. The minimum absolute atomic E-state index is 0.0646. The van der Waals surface area contributed by atoms with E-state index in [1.165, 1.54) is 0 Å². The summed E-state index contributed by atoms with van der Waals surface area (Å²) in [6.45, 7) is 1.03. The topological polar surface area (TPSA) is 81.1 Å². The summed E-state index contributed by atoms with van der Waals surface area (Å²) in [6.07, 6.45) is 1.82. The highest BCUT2D eigenvalue weighted by molar-refractivity contribution is 5.96. The van der Waals surface area contributed by atoms with E-state index < -0.39 is 5.97 Å². The molecule has 1 heterocycles. The molecular formula is C16H22N2O4. The Balaban J connectivity index is 2.16. The van der Waals surface area contributed by atoms with Crippen LogP contribution in [0.1, 0.15) is 24.8 Å². The van der Waals surface area contributed by atoms with Gasteiger partial charge in [0.15, 0.2) is 0 Å². The molecule has 1 amide bonds. The number of nitrogens with zero attached hydrogens (tertiary/aromatic N) is 2. The quantitative estimate of drug-likeness (QED) is 0.792. The molecule has 0 bridgehead atoms. The van der Waals surface area contributed by atoms with Crippen LogP contribution in [0.2, 0.25) is 0 Å². The van der Waals surface area contributed by atoms with Gasteiger partial charge >= 0.3 is 5.97 Å². The summed E-state index contributed by atoms with van der Waals surface area (Å²) in [6, 6.07) is 5.84. The number of aliphatic carboxylic acids is 1. The molecule has 1 aliphatic heterocycles. The Morgan fingerprint density at radius 3 is 2.82 bits per heavy atom. The standard InChI is InChI=1S/C16H22N2O4/c1-17(9-7-16(21)22)13-4-5-14-12(11-13)3-6-15(20)18(14)8-2-10-19/h4-5,11,19H,2-3,6-10H2,1H3,(H,21,22). The van der Waals surface area contributed by atoms with Gasteiger partial charge in [-0.3, -0.25) is 9.59 Å². The van der Waals surface area contributed by atoms with Crippen molar-refractivity contribution < 1.29 is 19.8 Å². The first-order chi connectivity index (χ1) is 10.5. The van der Waals surface area contributed by atoms with Crippen LogP contribution in [0, 0.1) is 0 Å². The molecule has 0 aliphatic carbocycles. The number of aryl methyl sites for hydroxylation is 1. The average molecular weight is 306 g/mol. The van der Waals surface area contributed by atoms with Crippen LogP contribution < -0.4 is 9.80 Å². The largest absolute Gasteiger partial charge is 0.481 e. The highest BCUT2D eigenvalue weighted by Crippen LogP contribution is 2.31. The number of aliphatic hydroxyl groups is 1. The maximum absolute atomic E-state index is 12.0. The van der Waals surface area contributed by atoms with Gasteiger partial charge in [-0.05, 0) is 36.6 Å². The van der Waals surface area contributed by atoms with E-state index in [9.17, 15) is 9.59 Å². The summed E-state index contributed by atoms with van der Waals surface area (Å²) in [4.78, 5) is 26.3. The number of carbonyl (C=O) groups is 2. The van der Waals surface area contributed by atoms with Crippen molar-refractivity contribution in [2.45, 2.75) is 25.7 Å². The van der Waals surface area contributed by atoms with Gasteiger partial charge in [0, 0.05) is 44.5 Å². The van der Waals surface area contributed by atoms with E-state index in [2.05, 4.69) is 0 Å². The third-order valence-electron chi connectivity index (χ3n) is 3.90. The van der Waals surface area contributed by atoms with Crippen molar-refractivity contribution in [1.29, 1.82) is 0 Å². The van der Waals surface area contributed by atoms with Gasteiger partial charge < -0.3 is 20.0 Å². The lowest BCUT2D eigenvalue weighted by Gasteiger charge is -2.30. The molecule has 0 saturated heterocycles. The van der Waals surface area contributed by atoms with E-state index >= 15 is 0 Å². The Bertz CT molecular complexity index is 559. The molecule has 0 aromatic heterocycles. The smallest absolute Gasteiger partial charge is 0.305 e. The molecule has 1 aromatic rings. The Labute approximate surface area is 130 Å². The maximum Gasteiger partial charge on any atom is 0.305 e. The summed E-state index contributed by atoms with van der Waals surface area (Å²) in [5.41, 5.74) is 2.95. The van der Waals surface area contributed by atoms with E-state index in [0.29, 0.717) is 32.4 Å². The Morgan fingerprint density at radius 1 is 1.36 bits per heavy atom. The van der Waals surface area contributed by atoms with Crippen LogP contribution >= 0.6 is 0 Å². The maximum atomic E-state index is 12.0. The van der Waals surface area contributed by atoms with Crippen LogP contribution in [0.4, 0.5) is 11.4 Å². The first-order valence-electron chi connectivity index (χ1n) is 7.50. The van der Waals surface area contributed by atoms with Crippen molar-refractivity contribution in [3.05, 3.63) is 23.8 Å². The fourth-order valence-corrected chi connectivity index (χ4v) is 2.65. The van der Waals surface area contributed by atoms with E-state index in [1.54, 1.807) is 4.90 Å². The van der Waals surface area contributed by atoms with Crippen LogP contribution in [0.15, 0.2) is 18.2 Å². The Morgan fingerprint density at radius 2 is 2.14 bits per heavy atom. The second kappa shape index (κ2) is 7.26. The molecule has 0 spiro atoms. The van der Waals surface area contributed by atoms with Crippen LogP contribution in [0.3, 0.4) is 0 Å². The predicted octanol–water partition coefficient (Wildman–Crippen LogP) is 1.26. The molecule has 6 heteroatoms. The van der Waals surface area contributed by atoms with Crippen molar-refractivity contribution in [2.75, 3.05) is 36.5 Å². The number of anilines is 2. The molecule has 22 heavy (non-hydrogen) atoms. The molecule has 2 rings (SSSR count). The number of amides is 1. The molecule has 0 fully saturated rings. The number of aliphatic hydroxyl groups excluding tert-OH is 1. The summed E-state index contributed by atoms with van der Waals surface area (Å²) < 4.78 is 0. The molecule has 0 saturated carbocycles. The summed E-state index contributed by atoms with van der Waals surface area (Å²) in [5, 5.41) is 17.7. The van der Waals surface area contributed by atoms with Crippen molar-refractivity contribution >= 4 is 23.3 Å². The van der Waals surface area contributed by atoms with Crippen molar-refractivity contribution in [3.8, 4) is 0 Å². The van der Waals surface area contributed by atoms with Gasteiger partial charge in [-0.2, -0.15) is 0 Å². The lowest BCUT2D eigenvalue weighted by Crippen LogP contribution is -2.36. The Hall–Kier alpha value is -2.08. The van der Waals surface area contributed by atoms with Gasteiger partial charge in [0.1, 0.15) is 0 Å². The molecule has 1 aliphatic rings. The van der Waals surface area contributed by atoms with Gasteiger partial charge in [0.2, 0.25) is 5.91 Å². The SMILES string of the molecule is CN(CCC(=O)O)c1ccc2c(c1)CCC(=O)N2CCCO. The zero-order chi connectivity index (χ0) is 16.1. The van der Waals surface area contributed by atoms with E-state index in [-0.39, 0.29) is 18.9 Å². The normalized spacial score (nSPS) is 13.9. The lowest BCUT2D eigenvalue weighted by atomic mass is 10.00. The number of benzene rings is 1. The number of carboxylic acids is 1. The fraction of sp³-hybridized carbons (Fsp3) is 0.500. The molecule has 6 nitrogen and oxygen atoms in total.